The van der Waals surface area contributed by atoms with Crippen molar-refractivity contribution in [3.8, 4) is 5.75 Å². The van der Waals surface area contributed by atoms with Crippen molar-refractivity contribution >= 4 is 11.9 Å². The van der Waals surface area contributed by atoms with E-state index in [-0.39, 0.29) is 30.3 Å². The molecule has 0 aromatic heterocycles. The summed E-state index contributed by atoms with van der Waals surface area (Å²) in [7, 11) is 0. The Balaban J connectivity index is 1.49. The van der Waals surface area contributed by atoms with Gasteiger partial charge in [-0.05, 0) is 79.5 Å². The molecule has 5 atom stereocenters. The predicted molar refractivity (Wildman–Crippen MR) is 99.5 cm³/mol. The van der Waals surface area contributed by atoms with E-state index in [4.69, 9.17) is 9.84 Å². The number of aryl methyl sites for hydroxylation is 1. The first-order valence-electron chi connectivity index (χ1n) is 10.1. The fourth-order valence-corrected chi connectivity index (χ4v) is 6.14. The molecule has 0 heterocycles. The van der Waals surface area contributed by atoms with Crippen LogP contribution in [0.15, 0.2) is 18.2 Å². The number of aromatic hydroxyl groups is 1. The number of fused-ring (bicyclic) bond motifs is 5. The molecule has 1 aromatic carbocycles. The number of carboxylic acid groups (broad SMARTS) is 1. The maximum atomic E-state index is 12.1. The van der Waals surface area contributed by atoms with Crippen LogP contribution in [-0.2, 0) is 20.7 Å². The number of carboxylic acids is 1. The molecule has 5 heteroatoms. The molecule has 3 aliphatic rings. The molecule has 3 aliphatic carbocycles. The first kappa shape index (κ1) is 18.3. The molecule has 0 aliphatic heterocycles. The Kier molecular flexibility index (Phi) is 4.65. The van der Waals surface area contributed by atoms with Crippen molar-refractivity contribution in [1.29, 1.82) is 0 Å². The zero-order chi connectivity index (χ0) is 19.2. The van der Waals surface area contributed by atoms with Crippen LogP contribution in [0.1, 0.15) is 68.9 Å². The molecule has 2 N–H and O–H groups in total. The smallest absolute Gasteiger partial charge is 0.306 e. The minimum atomic E-state index is -0.963. The van der Waals surface area contributed by atoms with Gasteiger partial charge in [0.1, 0.15) is 11.9 Å². The zero-order valence-electron chi connectivity index (χ0n) is 15.8. The third-order valence-electron chi connectivity index (χ3n) is 7.44. The number of ether oxygens (including phenoxy) is 1. The van der Waals surface area contributed by atoms with Crippen LogP contribution in [0.5, 0.6) is 5.75 Å². The van der Waals surface area contributed by atoms with Gasteiger partial charge in [0.15, 0.2) is 0 Å². The van der Waals surface area contributed by atoms with Crippen LogP contribution < -0.4 is 0 Å². The summed E-state index contributed by atoms with van der Waals surface area (Å²) in [5.41, 5.74) is 2.68. The summed E-state index contributed by atoms with van der Waals surface area (Å²) >= 11 is 0. The SMILES string of the molecule is C[C@]12CC[C@@H]3c4ccc(O)cc4CC[C@@H]3[C@@H]1CC[C@@H]2OC(=O)CCC(=O)O. The van der Waals surface area contributed by atoms with Gasteiger partial charge >= 0.3 is 11.9 Å². The minimum absolute atomic E-state index is 0.00548. The maximum Gasteiger partial charge on any atom is 0.306 e. The Morgan fingerprint density at radius 2 is 2.00 bits per heavy atom. The van der Waals surface area contributed by atoms with E-state index in [1.54, 1.807) is 6.07 Å². The van der Waals surface area contributed by atoms with Crippen molar-refractivity contribution in [2.75, 3.05) is 0 Å². The summed E-state index contributed by atoms with van der Waals surface area (Å²) in [5.74, 6) is 0.681. The lowest BCUT2D eigenvalue weighted by atomic mass is 9.55. The van der Waals surface area contributed by atoms with Crippen molar-refractivity contribution < 1.29 is 24.5 Å². The molecule has 4 rings (SSSR count). The topological polar surface area (TPSA) is 83.8 Å². The molecular weight excluding hydrogens is 344 g/mol. The van der Waals surface area contributed by atoms with E-state index in [1.807, 2.05) is 6.07 Å². The van der Waals surface area contributed by atoms with Gasteiger partial charge in [-0.15, -0.1) is 0 Å². The Labute approximate surface area is 159 Å². The van der Waals surface area contributed by atoms with E-state index in [9.17, 15) is 14.7 Å². The highest BCUT2D eigenvalue weighted by molar-refractivity contribution is 5.76. The van der Waals surface area contributed by atoms with Crippen LogP contribution in [0.2, 0.25) is 0 Å². The second-order valence-corrected chi connectivity index (χ2v) is 8.79. The molecule has 0 unspecified atom stereocenters. The number of hydrogen-bond donors (Lipinski definition) is 2. The van der Waals surface area contributed by atoms with E-state index in [0.29, 0.717) is 23.5 Å². The van der Waals surface area contributed by atoms with E-state index >= 15 is 0 Å². The average molecular weight is 372 g/mol. The average Bonchev–Trinajstić information content (AvgIpc) is 2.96. The third kappa shape index (κ3) is 3.21. The van der Waals surface area contributed by atoms with Gasteiger partial charge in [-0.25, -0.2) is 0 Å². The Morgan fingerprint density at radius 3 is 2.78 bits per heavy atom. The van der Waals surface area contributed by atoms with Gasteiger partial charge in [0, 0.05) is 5.41 Å². The molecule has 0 radical (unpaired) electrons. The Bertz CT molecular complexity index is 757. The molecule has 0 bridgehead atoms. The largest absolute Gasteiger partial charge is 0.508 e. The number of carbonyl (C=O) groups excluding carboxylic acids is 1. The number of rotatable bonds is 4. The number of phenols is 1. The van der Waals surface area contributed by atoms with E-state index < -0.39 is 5.97 Å². The highest BCUT2D eigenvalue weighted by Crippen LogP contribution is 2.61. The predicted octanol–water partition coefficient (Wildman–Crippen LogP) is 4.02. The summed E-state index contributed by atoms with van der Waals surface area (Å²) in [6, 6.07) is 5.82. The molecule has 27 heavy (non-hydrogen) atoms. The van der Waals surface area contributed by atoms with E-state index in [1.165, 1.54) is 11.1 Å². The first-order chi connectivity index (χ1) is 12.9. The van der Waals surface area contributed by atoms with Crippen LogP contribution in [0, 0.1) is 17.3 Å². The first-order valence-corrected chi connectivity index (χ1v) is 10.1. The number of benzene rings is 1. The molecule has 0 amide bonds. The summed E-state index contributed by atoms with van der Waals surface area (Å²) in [6.07, 6.45) is 5.88. The van der Waals surface area contributed by atoms with Gasteiger partial charge < -0.3 is 14.9 Å². The van der Waals surface area contributed by atoms with Crippen molar-refractivity contribution in [2.24, 2.45) is 17.3 Å². The molecule has 146 valence electrons. The highest BCUT2D eigenvalue weighted by atomic mass is 16.5. The van der Waals surface area contributed by atoms with Crippen LogP contribution in [0.4, 0.5) is 0 Å². The van der Waals surface area contributed by atoms with Crippen LogP contribution in [-0.4, -0.2) is 28.3 Å². The number of phenolic OH excluding ortho intramolecular Hbond substituents is 1. The van der Waals surface area contributed by atoms with Crippen LogP contribution in [0.3, 0.4) is 0 Å². The molecule has 2 saturated carbocycles. The molecule has 5 nitrogen and oxygen atoms in total. The van der Waals surface area contributed by atoms with Gasteiger partial charge in [0.05, 0.1) is 12.8 Å². The van der Waals surface area contributed by atoms with Crippen LogP contribution in [0.25, 0.3) is 0 Å². The summed E-state index contributed by atoms with van der Waals surface area (Å²) in [4.78, 5) is 22.8. The quantitative estimate of drug-likeness (QED) is 0.780. The zero-order valence-corrected chi connectivity index (χ0v) is 15.8. The second-order valence-electron chi connectivity index (χ2n) is 8.79. The monoisotopic (exact) mass is 372 g/mol. The summed E-state index contributed by atoms with van der Waals surface area (Å²) in [6.45, 7) is 2.27. The maximum absolute atomic E-state index is 12.1. The van der Waals surface area contributed by atoms with Crippen LogP contribution >= 0.6 is 0 Å². The standard InChI is InChI=1S/C22H28O5/c1-22-11-10-16-15-5-3-14(23)12-13(15)2-4-17(16)18(22)6-7-19(22)27-21(26)9-8-20(24)25/h3,5,12,16-19,23H,2,4,6-11H2,1H3,(H,24,25)/t16-,17+,18+,19+,22+/m1/s1. The van der Waals surface area contributed by atoms with Gasteiger partial charge in [0.2, 0.25) is 0 Å². The van der Waals surface area contributed by atoms with Gasteiger partial charge in [-0.2, -0.15) is 0 Å². The lowest BCUT2D eigenvalue weighted by molar-refractivity contribution is -0.159. The fourth-order valence-electron chi connectivity index (χ4n) is 6.14. The number of esters is 1. The van der Waals surface area contributed by atoms with E-state index in [0.717, 1.165) is 38.5 Å². The Morgan fingerprint density at radius 1 is 1.19 bits per heavy atom. The van der Waals surface area contributed by atoms with Gasteiger partial charge in [-0.1, -0.05) is 13.0 Å². The number of carbonyl (C=O) groups is 2. The van der Waals surface area contributed by atoms with Crippen molar-refractivity contribution in [2.45, 2.75) is 70.3 Å². The second kappa shape index (κ2) is 6.84. The number of aliphatic carboxylic acids is 1. The molecule has 1 aromatic rings. The lowest BCUT2D eigenvalue weighted by Gasteiger charge is -2.50. The molecule has 0 saturated heterocycles. The molecular formula is C22H28O5. The van der Waals surface area contributed by atoms with Crippen molar-refractivity contribution in [3.63, 3.8) is 0 Å². The summed E-state index contributed by atoms with van der Waals surface area (Å²) in [5, 5.41) is 18.6. The van der Waals surface area contributed by atoms with Gasteiger partial charge in [-0.3, -0.25) is 9.59 Å². The summed E-state index contributed by atoms with van der Waals surface area (Å²) < 4.78 is 5.76. The lowest BCUT2D eigenvalue weighted by Crippen LogP contribution is -2.45. The fraction of sp³-hybridized carbons (Fsp3) is 0.636. The third-order valence-corrected chi connectivity index (χ3v) is 7.44. The minimum Gasteiger partial charge on any atom is -0.508 e. The van der Waals surface area contributed by atoms with Crippen molar-refractivity contribution in [1.82, 2.24) is 0 Å². The Hall–Kier alpha value is -2.04. The van der Waals surface area contributed by atoms with Crippen molar-refractivity contribution in [3.05, 3.63) is 29.3 Å². The van der Waals surface area contributed by atoms with Gasteiger partial charge in [0.25, 0.3) is 0 Å². The number of hydrogen-bond acceptors (Lipinski definition) is 4. The molecule has 0 spiro atoms. The highest BCUT2D eigenvalue weighted by Gasteiger charge is 2.56. The normalized spacial score (nSPS) is 34.3. The van der Waals surface area contributed by atoms with E-state index in [2.05, 4.69) is 13.0 Å². The molecule has 2 fully saturated rings.